The number of anilines is 1. The van der Waals surface area contributed by atoms with Gasteiger partial charge in [0.1, 0.15) is 5.25 Å². The number of thioether (sulfide) groups is 1. The van der Waals surface area contributed by atoms with Crippen molar-refractivity contribution in [3.05, 3.63) is 68.1 Å². The molecule has 2 saturated heterocycles. The summed E-state index contributed by atoms with van der Waals surface area (Å²) in [6, 6.07) is 11.4. The van der Waals surface area contributed by atoms with Crippen LogP contribution in [0, 0.1) is 5.92 Å². The summed E-state index contributed by atoms with van der Waals surface area (Å²) in [6.07, 6.45) is 3.09. The molecular formula is C32H33N3O8S2. The van der Waals surface area contributed by atoms with Crippen LogP contribution in [0.15, 0.2) is 52.3 Å². The maximum Gasteiger partial charge on any atom is 0.338 e. The topological polar surface area (TPSA) is 135 Å². The number of nitrogens with zero attached hydrogens (tertiary/aromatic N) is 2. The van der Waals surface area contributed by atoms with Crippen molar-refractivity contribution in [3.8, 4) is 11.5 Å². The molecule has 3 aliphatic rings. The number of benzene rings is 2. The number of aromatic amines is 1. The van der Waals surface area contributed by atoms with Crippen molar-refractivity contribution in [1.29, 1.82) is 0 Å². The van der Waals surface area contributed by atoms with E-state index in [0.717, 1.165) is 48.6 Å². The largest absolute Gasteiger partial charge is 0.490 e. The van der Waals surface area contributed by atoms with Crippen LogP contribution in [0.5, 0.6) is 11.5 Å². The van der Waals surface area contributed by atoms with Crippen LogP contribution in [0.25, 0.3) is 0 Å². The van der Waals surface area contributed by atoms with Gasteiger partial charge >= 0.3 is 10.8 Å². The number of carbonyl (C=O) groups is 4. The van der Waals surface area contributed by atoms with Crippen molar-refractivity contribution in [1.82, 2.24) is 9.88 Å². The number of carbonyl (C=O) groups excluding carboxylic acids is 4. The van der Waals surface area contributed by atoms with Crippen LogP contribution in [-0.2, 0) is 19.1 Å². The quantitative estimate of drug-likeness (QED) is 0.267. The maximum absolute atomic E-state index is 14.1. The van der Waals surface area contributed by atoms with E-state index in [2.05, 4.69) is 4.98 Å². The van der Waals surface area contributed by atoms with Gasteiger partial charge in [0.15, 0.2) is 18.1 Å². The van der Waals surface area contributed by atoms with E-state index in [1.165, 1.54) is 23.9 Å². The van der Waals surface area contributed by atoms with Crippen molar-refractivity contribution in [2.24, 2.45) is 5.92 Å². The van der Waals surface area contributed by atoms with Crippen LogP contribution >= 0.6 is 23.1 Å². The zero-order chi connectivity index (χ0) is 31.7. The number of rotatable bonds is 9. The fourth-order valence-electron chi connectivity index (χ4n) is 6.07. The average Bonchev–Trinajstić information content (AvgIpc) is 3.54. The normalized spacial score (nSPS) is 20.9. The van der Waals surface area contributed by atoms with Gasteiger partial charge in [-0.05, 0) is 75.1 Å². The molecule has 6 rings (SSSR count). The third-order valence-electron chi connectivity index (χ3n) is 8.15. The first-order valence-corrected chi connectivity index (χ1v) is 16.7. The van der Waals surface area contributed by atoms with Crippen LogP contribution in [0.3, 0.4) is 0 Å². The number of piperidine rings is 1. The summed E-state index contributed by atoms with van der Waals surface area (Å²) in [6.45, 7) is 5.44. The van der Waals surface area contributed by atoms with Gasteiger partial charge in [-0.3, -0.25) is 19.2 Å². The average molecular weight is 652 g/mol. The zero-order valence-corrected chi connectivity index (χ0v) is 26.5. The second-order valence-corrected chi connectivity index (χ2v) is 13.1. The van der Waals surface area contributed by atoms with Crippen LogP contribution < -0.4 is 19.2 Å². The Morgan fingerprint density at radius 2 is 1.67 bits per heavy atom. The molecule has 2 aromatic carbocycles. The summed E-state index contributed by atoms with van der Waals surface area (Å²) in [7, 11) is 0. The minimum Gasteiger partial charge on any atom is -0.490 e. The number of aromatic nitrogens is 1. The number of H-pyrrole nitrogens is 1. The Bertz CT molecular complexity index is 1680. The standard InChI is InChI=1S/C32H33N3O8S2/c1-3-41-22-16-19(10-13-21(22)43-17-23(36)34-14-6-5-7-15-34)24-25-27(44-28-26(24)45-32(40)33-28)30(38)35(29(25)37)20-11-8-18(9-12-20)31(39)42-4-2/h8-13,16,24-25,27H,3-7,14-15,17H2,1-2H3,(H,33,40). The molecule has 1 aromatic heterocycles. The molecule has 0 aliphatic carbocycles. The van der Waals surface area contributed by atoms with Crippen molar-refractivity contribution >= 4 is 52.5 Å². The molecule has 236 valence electrons. The summed E-state index contributed by atoms with van der Waals surface area (Å²) >= 11 is 2.20. The number of ether oxygens (including phenoxy) is 3. The Labute approximate surface area is 267 Å². The van der Waals surface area contributed by atoms with E-state index in [1.54, 1.807) is 37.3 Å². The van der Waals surface area contributed by atoms with Crippen molar-refractivity contribution in [2.45, 2.75) is 49.3 Å². The summed E-state index contributed by atoms with van der Waals surface area (Å²) in [5.74, 6) is -1.98. The third-order valence-corrected chi connectivity index (χ3v) is 10.5. The van der Waals surface area contributed by atoms with Gasteiger partial charge in [0.05, 0.1) is 35.4 Å². The molecule has 4 heterocycles. The number of thiazole rings is 1. The van der Waals surface area contributed by atoms with Crippen LogP contribution in [-0.4, -0.2) is 71.7 Å². The smallest absolute Gasteiger partial charge is 0.338 e. The van der Waals surface area contributed by atoms with E-state index in [-0.39, 0.29) is 24.0 Å². The van der Waals surface area contributed by atoms with Gasteiger partial charge in [-0.15, -0.1) is 0 Å². The summed E-state index contributed by atoms with van der Waals surface area (Å²) in [5.41, 5.74) is 1.34. The summed E-state index contributed by atoms with van der Waals surface area (Å²) in [5, 5.41) is -0.221. The minimum absolute atomic E-state index is 0.0828. The molecule has 3 amide bonds. The molecule has 0 bridgehead atoms. The lowest BCUT2D eigenvalue weighted by atomic mass is 9.83. The third kappa shape index (κ3) is 5.98. The lowest BCUT2D eigenvalue weighted by Gasteiger charge is -2.30. The fraction of sp³-hybridized carbons (Fsp3) is 0.406. The Morgan fingerprint density at radius 3 is 2.38 bits per heavy atom. The molecule has 45 heavy (non-hydrogen) atoms. The highest BCUT2D eigenvalue weighted by molar-refractivity contribution is 8.00. The number of imide groups is 1. The molecule has 3 aromatic rings. The van der Waals surface area contributed by atoms with Crippen molar-refractivity contribution in [2.75, 3.05) is 37.8 Å². The van der Waals surface area contributed by atoms with Gasteiger partial charge < -0.3 is 24.1 Å². The first-order chi connectivity index (χ1) is 21.8. The highest BCUT2D eigenvalue weighted by Crippen LogP contribution is 2.53. The molecule has 3 unspecified atom stereocenters. The lowest BCUT2D eigenvalue weighted by Crippen LogP contribution is -2.38. The second kappa shape index (κ2) is 13.1. The molecule has 0 radical (unpaired) electrons. The molecule has 13 heteroatoms. The first-order valence-electron chi connectivity index (χ1n) is 15.0. The van der Waals surface area contributed by atoms with Crippen LogP contribution in [0.4, 0.5) is 5.69 Å². The predicted molar refractivity (Wildman–Crippen MR) is 168 cm³/mol. The van der Waals surface area contributed by atoms with Gasteiger partial charge in [-0.2, -0.15) is 0 Å². The number of fused-ring (bicyclic) bond motifs is 2. The Morgan fingerprint density at radius 1 is 0.911 bits per heavy atom. The van der Waals surface area contributed by atoms with Gasteiger partial charge in [-0.25, -0.2) is 9.69 Å². The highest BCUT2D eigenvalue weighted by atomic mass is 32.2. The molecule has 2 fully saturated rings. The minimum atomic E-state index is -0.798. The van der Waals surface area contributed by atoms with Crippen molar-refractivity contribution in [3.63, 3.8) is 0 Å². The number of hydrogen-bond donors (Lipinski definition) is 1. The van der Waals surface area contributed by atoms with Gasteiger partial charge in [-0.1, -0.05) is 29.2 Å². The molecule has 0 spiro atoms. The predicted octanol–water partition coefficient (Wildman–Crippen LogP) is 4.20. The van der Waals surface area contributed by atoms with Crippen LogP contribution in [0.1, 0.15) is 59.8 Å². The molecule has 1 N–H and O–H groups in total. The Kier molecular flexibility index (Phi) is 8.99. The Hall–Kier alpha value is -4.10. The number of hydrogen-bond acceptors (Lipinski definition) is 10. The molecule has 0 saturated carbocycles. The first kappa shape index (κ1) is 30.9. The number of esters is 1. The molecule has 3 atom stereocenters. The SMILES string of the molecule is CCOC(=O)c1ccc(N2C(=O)C3Sc4[nH]c(=O)sc4C(c4ccc(OCC(=O)N5CCCCC5)c(OCC)c4)C3C2=O)cc1. The number of nitrogens with one attached hydrogen (secondary N) is 1. The second-order valence-electron chi connectivity index (χ2n) is 10.9. The zero-order valence-electron chi connectivity index (χ0n) is 24.9. The van der Waals surface area contributed by atoms with Crippen LogP contribution in [0.2, 0.25) is 0 Å². The number of likely N-dealkylation sites (tertiary alicyclic amines) is 1. The molecule has 11 nitrogen and oxygen atoms in total. The maximum atomic E-state index is 14.1. The molecular weight excluding hydrogens is 618 g/mol. The molecule has 3 aliphatic heterocycles. The summed E-state index contributed by atoms with van der Waals surface area (Å²) < 4.78 is 16.9. The van der Waals surface area contributed by atoms with E-state index >= 15 is 0 Å². The van der Waals surface area contributed by atoms with Gasteiger partial charge in [0.25, 0.3) is 5.91 Å². The number of amides is 3. The highest BCUT2D eigenvalue weighted by Gasteiger charge is 2.56. The summed E-state index contributed by atoms with van der Waals surface area (Å²) in [4.78, 5) is 71.5. The van der Waals surface area contributed by atoms with E-state index in [0.29, 0.717) is 44.8 Å². The lowest BCUT2D eigenvalue weighted by molar-refractivity contribution is -0.134. The fourth-order valence-corrected chi connectivity index (χ4v) is 8.59. The van der Waals surface area contributed by atoms with E-state index in [1.807, 2.05) is 11.8 Å². The van der Waals surface area contributed by atoms with Gasteiger partial charge in [0.2, 0.25) is 11.8 Å². The van der Waals surface area contributed by atoms with E-state index in [4.69, 9.17) is 14.2 Å². The van der Waals surface area contributed by atoms with E-state index in [9.17, 15) is 24.0 Å². The van der Waals surface area contributed by atoms with Gasteiger partial charge in [0, 0.05) is 23.9 Å². The monoisotopic (exact) mass is 651 g/mol. The van der Waals surface area contributed by atoms with Crippen molar-refractivity contribution < 1.29 is 33.4 Å². The Balaban J connectivity index is 1.31. The van der Waals surface area contributed by atoms with E-state index < -0.39 is 34.9 Å².